The highest BCUT2D eigenvalue weighted by atomic mass is 32.1. The predicted octanol–water partition coefficient (Wildman–Crippen LogP) is 2.53. The Morgan fingerprint density at radius 3 is 2.79 bits per heavy atom. The number of nitrogen functional groups attached to an aromatic ring is 1. The Balaban J connectivity index is 1.86. The van der Waals surface area contributed by atoms with Gasteiger partial charge in [-0.25, -0.2) is 4.98 Å². The Hall–Kier alpha value is -1.88. The number of benzene rings is 1. The van der Waals surface area contributed by atoms with E-state index in [4.69, 9.17) is 5.73 Å². The normalized spacial score (nSPS) is 14.3. The van der Waals surface area contributed by atoms with Crippen LogP contribution in [-0.4, -0.2) is 17.4 Å². The van der Waals surface area contributed by atoms with Crippen LogP contribution in [0.25, 0.3) is 10.4 Å². The molecule has 0 unspecified atom stereocenters. The van der Waals surface area contributed by atoms with E-state index < -0.39 is 0 Å². The number of hydrogen-bond donors (Lipinski definition) is 2. The van der Waals surface area contributed by atoms with Gasteiger partial charge in [-0.3, -0.25) is 4.79 Å². The second-order valence-corrected chi connectivity index (χ2v) is 5.78. The lowest BCUT2D eigenvalue weighted by Crippen LogP contribution is -2.26. The summed E-state index contributed by atoms with van der Waals surface area (Å²) in [5, 5.41) is 3.36. The van der Waals surface area contributed by atoms with Gasteiger partial charge in [-0.05, 0) is 24.3 Å². The summed E-state index contributed by atoms with van der Waals surface area (Å²) < 4.78 is 0. The summed E-state index contributed by atoms with van der Waals surface area (Å²) in [5.74, 6) is 0.527. The number of anilines is 1. The van der Waals surface area contributed by atoms with Crippen LogP contribution in [0.2, 0.25) is 0 Å². The summed E-state index contributed by atoms with van der Waals surface area (Å²) >= 11 is 1.35. The minimum Gasteiger partial charge on any atom is -0.375 e. The van der Waals surface area contributed by atoms with E-state index in [-0.39, 0.29) is 5.91 Å². The highest BCUT2D eigenvalue weighted by molar-refractivity contribution is 7.19. The molecule has 3 N–H and O–H groups in total. The van der Waals surface area contributed by atoms with Crippen molar-refractivity contribution in [3.05, 3.63) is 36.0 Å². The molecule has 1 aliphatic carbocycles. The summed E-state index contributed by atoms with van der Waals surface area (Å²) in [5.41, 5.74) is 7.17. The van der Waals surface area contributed by atoms with E-state index in [1.165, 1.54) is 24.2 Å². The van der Waals surface area contributed by atoms with E-state index in [0.29, 0.717) is 16.7 Å². The number of carbonyl (C=O) groups is 1. The molecule has 2 aromatic rings. The molecule has 3 rings (SSSR count). The second kappa shape index (κ2) is 5.01. The number of amides is 1. The van der Waals surface area contributed by atoms with Crippen molar-refractivity contribution in [2.75, 3.05) is 12.3 Å². The number of aromatic nitrogens is 1. The van der Waals surface area contributed by atoms with Crippen LogP contribution in [0, 0.1) is 5.92 Å². The van der Waals surface area contributed by atoms with E-state index in [0.717, 1.165) is 17.0 Å². The van der Waals surface area contributed by atoms with Crippen molar-refractivity contribution in [3.63, 3.8) is 0 Å². The summed E-state index contributed by atoms with van der Waals surface area (Å²) in [6, 6.07) is 9.75. The molecular formula is C14H15N3OS. The number of thiazole rings is 1. The van der Waals surface area contributed by atoms with Crippen LogP contribution in [0.15, 0.2) is 30.3 Å². The van der Waals surface area contributed by atoms with Crippen LogP contribution in [0.1, 0.15) is 23.3 Å². The zero-order chi connectivity index (χ0) is 13.2. The maximum atomic E-state index is 12.2. The number of carbonyl (C=O) groups excluding carboxylic acids is 1. The van der Waals surface area contributed by atoms with Crippen LogP contribution in [0.4, 0.5) is 5.13 Å². The van der Waals surface area contributed by atoms with Crippen molar-refractivity contribution in [3.8, 4) is 10.4 Å². The van der Waals surface area contributed by atoms with Gasteiger partial charge in [0.2, 0.25) is 0 Å². The molecule has 1 heterocycles. The second-order valence-electron chi connectivity index (χ2n) is 4.75. The van der Waals surface area contributed by atoms with Crippen molar-refractivity contribution < 1.29 is 4.79 Å². The molecule has 0 aliphatic heterocycles. The molecule has 0 radical (unpaired) electrons. The van der Waals surface area contributed by atoms with E-state index in [1.807, 2.05) is 30.3 Å². The van der Waals surface area contributed by atoms with Crippen LogP contribution < -0.4 is 11.1 Å². The molecule has 4 nitrogen and oxygen atoms in total. The minimum atomic E-state index is -0.126. The largest absolute Gasteiger partial charge is 0.375 e. The molecule has 19 heavy (non-hydrogen) atoms. The molecule has 1 saturated carbocycles. The molecule has 1 aliphatic rings. The van der Waals surface area contributed by atoms with E-state index >= 15 is 0 Å². The molecule has 0 spiro atoms. The number of hydrogen-bond acceptors (Lipinski definition) is 4. The van der Waals surface area contributed by atoms with Gasteiger partial charge in [0.25, 0.3) is 5.91 Å². The summed E-state index contributed by atoms with van der Waals surface area (Å²) in [7, 11) is 0. The standard InChI is InChI=1S/C14H15N3OS/c15-14-17-11(13(18)16-8-9-6-7-9)12(19-14)10-4-2-1-3-5-10/h1-5,9H,6-8H2,(H2,15,17)(H,16,18). The maximum Gasteiger partial charge on any atom is 0.271 e. The molecule has 1 aromatic heterocycles. The van der Waals surface area contributed by atoms with Gasteiger partial charge in [-0.2, -0.15) is 0 Å². The van der Waals surface area contributed by atoms with Gasteiger partial charge >= 0.3 is 0 Å². The first kappa shape index (κ1) is 12.2. The van der Waals surface area contributed by atoms with E-state index in [9.17, 15) is 4.79 Å². The van der Waals surface area contributed by atoms with E-state index in [1.54, 1.807) is 0 Å². The van der Waals surface area contributed by atoms with Crippen molar-refractivity contribution in [2.24, 2.45) is 5.92 Å². The molecule has 1 aromatic carbocycles. The fourth-order valence-electron chi connectivity index (χ4n) is 1.92. The fraction of sp³-hybridized carbons (Fsp3) is 0.286. The Morgan fingerprint density at radius 1 is 1.37 bits per heavy atom. The van der Waals surface area contributed by atoms with Crippen molar-refractivity contribution in [1.82, 2.24) is 10.3 Å². The Bertz CT molecular complexity index is 590. The van der Waals surface area contributed by atoms with Crippen LogP contribution in [-0.2, 0) is 0 Å². The maximum absolute atomic E-state index is 12.2. The zero-order valence-electron chi connectivity index (χ0n) is 10.4. The van der Waals surface area contributed by atoms with E-state index in [2.05, 4.69) is 10.3 Å². The first-order chi connectivity index (χ1) is 9.24. The van der Waals surface area contributed by atoms with Gasteiger partial charge in [-0.15, -0.1) is 0 Å². The monoisotopic (exact) mass is 273 g/mol. The molecule has 0 bridgehead atoms. The average Bonchev–Trinajstić information content (AvgIpc) is 3.18. The molecule has 1 fully saturated rings. The predicted molar refractivity (Wildman–Crippen MR) is 77.0 cm³/mol. The van der Waals surface area contributed by atoms with Gasteiger partial charge < -0.3 is 11.1 Å². The molecule has 5 heteroatoms. The van der Waals surface area contributed by atoms with Gasteiger partial charge in [0.15, 0.2) is 5.13 Å². The van der Waals surface area contributed by atoms with Crippen LogP contribution in [0.3, 0.4) is 0 Å². The SMILES string of the molecule is Nc1nc(C(=O)NCC2CC2)c(-c2ccccc2)s1. The smallest absolute Gasteiger partial charge is 0.271 e. The van der Waals surface area contributed by atoms with Gasteiger partial charge in [0.1, 0.15) is 5.69 Å². The molecule has 0 saturated heterocycles. The lowest BCUT2D eigenvalue weighted by Gasteiger charge is -2.04. The zero-order valence-corrected chi connectivity index (χ0v) is 11.2. The van der Waals surface area contributed by atoms with Crippen molar-refractivity contribution >= 4 is 22.4 Å². The highest BCUT2D eigenvalue weighted by Gasteiger charge is 2.24. The van der Waals surface area contributed by atoms with Crippen molar-refractivity contribution in [2.45, 2.75) is 12.8 Å². The minimum absolute atomic E-state index is 0.126. The van der Waals surface area contributed by atoms with Gasteiger partial charge in [-0.1, -0.05) is 41.7 Å². The van der Waals surface area contributed by atoms with Gasteiger partial charge in [0.05, 0.1) is 4.88 Å². The Kier molecular flexibility index (Phi) is 3.21. The summed E-state index contributed by atoms with van der Waals surface area (Å²) in [6.07, 6.45) is 2.43. The first-order valence-corrected chi connectivity index (χ1v) is 7.15. The number of nitrogens with one attached hydrogen (secondary N) is 1. The third-order valence-corrected chi connectivity index (χ3v) is 4.08. The first-order valence-electron chi connectivity index (χ1n) is 6.34. The molecule has 0 atom stereocenters. The third kappa shape index (κ3) is 2.76. The Morgan fingerprint density at radius 2 is 2.11 bits per heavy atom. The number of rotatable bonds is 4. The third-order valence-electron chi connectivity index (χ3n) is 3.14. The fourth-order valence-corrected chi connectivity index (χ4v) is 2.75. The summed E-state index contributed by atoms with van der Waals surface area (Å²) in [6.45, 7) is 0.741. The quantitative estimate of drug-likeness (QED) is 0.899. The van der Waals surface area contributed by atoms with Crippen LogP contribution >= 0.6 is 11.3 Å². The summed E-state index contributed by atoms with van der Waals surface area (Å²) in [4.78, 5) is 17.2. The topological polar surface area (TPSA) is 68.0 Å². The Labute approximate surface area is 115 Å². The molecule has 98 valence electrons. The van der Waals surface area contributed by atoms with Crippen molar-refractivity contribution in [1.29, 1.82) is 0 Å². The number of nitrogens with two attached hydrogens (primary N) is 1. The average molecular weight is 273 g/mol. The number of nitrogens with zero attached hydrogens (tertiary/aromatic N) is 1. The van der Waals surface area contributed by atoms with Crippen LogP contribution in [0.5, 0.6) is 0 Å². The lowest BCUT2D eigenvalue weighted by atomic mass is 10.1. The molecule has 1 amide bonds. The molecular weight excluding hydrogens is 258 g/mol. The lowest BCUT2D eigenvalue weighted by molar-refractivity contribution is 0.0948. The van der Waals surface area contributed by atoms with Gasteiger partial charge in [0, 0.05) is 6.54 Å². The highest BCUT2D eigenvalue weighted by Crippen LogP contribution is 2.32.